The third-order valence-electron chi connectivity index (χ3n) is 1.69. The van der Waals surface area contributed by atoms with Gasteiger partial charge in [0, 0.05) is 11.8 Å². The molecule has 3 nitrogen and oxygen atoms in total. The average molecular weight is 197 g/mol. The van der Waals surface area contributed by atoms with Gasteiger partial charge < -0.3 is 4.74 Å². The zero-order valence-corrected chi connectivity index (χ0v) is 8.21. The number of ether oxygens (including phenoxy) is 1. The van der Waals surface area contributed by atoms with Crippen molar-refractivity contribution >= 4 is 5.97 Å². The number of hydrogen-bond acceptors (Lipinski definition) is 3. The second-order valence-corrected chi connectivity index (χ2v) is 2.94. The van der Waals surface area contributed by atoms with E-state index in [1.807, 2.05) is 0 Å². The molecule has 0 aliphatic carbocycles. The molecule has 0 aliphatic heterocycles. The van der Waals surface area contributed by atoms with Crippen molar-refractivity contribution in [1.82, 2.24) is 4.98 Å². The van der Waals surface area contributed by atoms with Crippen molar-refractivity contribution in [3.63, 3.8) is 0 Å². The van der Waals surface area contributed by atoms with Gasteiger partial charge in [0.05, 0.1) is 13.0 Å². The molecule has 0 amide bonds. The van der Waals surface area contributed by atoms with Crippen molar-refractivity contribution < 1.29 is 13.9 Å². The summed E-state index contributed by atoms with van der Waals surface area (Å²) in [5, 5.41) is 0. The maximum absolute atomic E-state index is 13.1. The Morgan fingerprint density at radius 2 is 2.36 bits per heavy atom. The van der Waals surface area contributed by atoms with Crippen LogP contribution in [0.4, 0.5) is 4.39 Å². The molecule has 0 radical (unpaired) electrons. The Kier molecular flexibility index (Phi) is 3.56. The molecule has 1 aromatic rings. The number of halogens is 1. The molecule has 0 spiro atoms. The fourth-order valence-electron chi connectivity index (χ4n) is 1.10. The number of carbonyl (C=O) groups is 1. The minimum atomic E-state index is -0.608. The van der Waals surface area contributed by atoms with Crippen molar-refractivity contribution in [2.75, 3.05) is 6.61 Å². The van der Waals surface area contributed by atoms with E-state index in [1.54, 1.807) is 19.9 Å². The highest BCUT2D eigenvalue weighted by Gasteiger charge is 2.09. The number of nitrogens with zero attached hydrogens (tertiary/aromatic N) is 1. The Labute approximate surface area is 81.9 Å². The lowest BCUT2D eigenvalue weighted by molar-refractivity contribution is -0.142. The summed E-state index contributed by atoms with van der Waals surface area (Å²) in [4.78, 5) is 14.6. The highest BCUT2D eigenvalue weighted by molar-refractivity contribution is 5.72. The molecule has 4 heteroatoms. The van der Waals surface area contributed by atoms with E-state index in [0.717, 1.165) is 5.56 Å². The molecular weight excluding hydrogens is 185 g/mol. The molecule has 0 atom stereocenters. The highest BCUT2D eigenvalue weighted by Crippen LogP contribution is 2.08. The minimum Gasteiger partial charge on any atom is -0.466 e. The van der Waals surface area contributed by atoms with E-state index in [2.05, 4.69) is 4.98 Å². The first-order chi connectivity index (χ1) is 6.63. The Morgan fingerprint density at radius 1 is 1.64 bits per heavy atom. The summed E-state index contributed by atoms with van der Waals surface area (Å²) in [6.45, 7) is 3.81. The molecule has 1 heterocycles. The Morgan fingerprint density at radius 3 is 3.00 bits per heavy atom. The van der Waals surface area contributed by atoms with Crippen LogP contribution in [-0.4, -0.2) is 17.6 Å². The average Bonchev–Trinajstić information content (AvgIpc) is 2.12. The summed E-state index contributed by atoms with van der Waals surface area (Å²) in [5.41, 5.74) is 1.11. The molecular formula is C10H12FNO2. The lowest BCUT2D eigenvalue weighted by atomic mass is 10.1. The fourth-order valence-corrected chi connectivity index (χ4v) is 1.10. The fraction of sp³-hybridized carbons (Fsp3) is 0.400. The van der Waals surface area contributed by atoms with Crippen LogP contribution in [0.3, 0.4) is 0 Å². The van der Waals surface area contributed by atoms with Crippen molar-refractivity contribution in [2.24, 2.45) is 0 Å². The third kappa shape index (κ3) is 2.80. The van der Waals surface area contributed by atoms with E-state index in [9.17, 15) is 9.18 Å². The Hall–Kier alpha value is -1.45. The van der Waals surface area contributed by atoms with Gasteiger partial charge in [-0.05, 0) is 25.5 Å². The van der Waals surface area contributed by atoms with Crippen molar-refractivity contribution in [1.29, 1.82) is 0 Å². The SMILES string of the molecule is CCOC(=O)Cc1cc(C)cnc1F. The Balaban J connectivity index is 2.75. The molecule has 0 aromatic carbocycles. The summed E-state index contributed by atoms with van der Waals surface area (Å²) in [6.07, 6.45) is 1.36. The van der Waals surface area contributed by atoms with Crippen molar-refractivity contribution in [3.05, 3.63) is 29.3 Å². The molecule has 1 rings (SSSR count). The normalized spacial score (nSPS) is 9.93. The molecule has 0 aliphatic rings. The second kappa shape index (κ2) is 4.69. The van der Waals surface area contributed by atoms with Crippen LogP contribution in [0.5, 0.6) is 0 Å². The maximum atomic E-state index is 13.1. The van der Waals surface area contributed by atoms with Gasteiger partial charge in [-0.2, -0.15) is 4.39 Å². The highest BCUT2D eigenvalue weighted by atomic mass is 19.1. The molecule has 0 fully saturated rings. The number of rotatable bonds is 3. The van der Waals surface area contributed by atoms with E-state index in [1.165, 1.54) is 6.20 Å². The van der Waals surface area contributed by atoms with Crippen LogP contribution < -0.4 is 0 Å². The van der Waals surface area contributed by atoms with E-state index < -0.39 is 11.9 Å². The van der Waals surface area contributed by atoms with Gasteiger partial charge >= 0.3 is 5.97 Å². The molecule has 76 valence electrons. The predicted octanol–water partition coefficient (Wildman–Crippen LogP) is 1.63. The topological polar surface area (TPSA) is 39.2 Å². The van der Waals surface area contributed by atoms with Crippen LogP contribution in [0, 0.1) is 12.9 Å². The molecule has 0 saturated carbocycles. The standard InChI is InChI=1S/C10H12FNO2/c1-3-14-9(13)5-8-4-7(2)6-12-10(8)11/h4,6H,3,5H2,1-2H3. The van der Waals surface area contributed by atoms with E-state index in [0.29, 0.717) is 6.61 Å². The monoisotopic (exact) mass is 197 g/mol. The lowest BCUT2D eigenvalue weighted by Crippen LogP contribution is -2.09. The summed E-state index contributed by atoms with van der Waals surface area (Å²) < 4.78 is 17.8. The van der Waals surface area contributed by atoms with Gasteiger partial charge in [0.25, 0.3) is 0 Å². The van der Waals surface area contributed by atoms with Gasteiger partial charge in [0.1, 0.15) is 0 Å². The number of hydrogen-bond donors (Lipinski definition) is 0. The molecule has 0 bridgehead atoms. The van der Waals surface area contributed by atoms with E-state index in [-0.39, 0.29) is 12.0 Å². The maximum Gasteiger partial charge on any atom is 0.310 e. The summed E-state index contributed by atoms with van der Waals surface area (Å²) in [7, 11) is 0. The van der Waals surface area contributed by atoms with Gasteiger partial charge in [-0.15, -0.1) is 0 Å². The third-order valence-corrected chi connectivity index (χ3v) is 1.69. The lowest BCUT2D eigenvalue weighted by Gasteiger charge is -2.03. The number of aromatic nitrogens is 1. The first-order valence-corrected chi connectivity index (χ1v) is 4.40. The molecule has 1 aromatic heterocycles. The van der Waals surface area contributed by atoms with Crippen molar-refractivity contribution in [3.8, 4) is 0 Å². The van der Waals surface area contributed by atoms with Gasteiger partial charge in [-0.25, -0.2) is 4.98 Å². The first-order valence-electron chi connectivity index (χ1n) is 4.40. The number of pyridine rings is 1. The van der Waals surface area contributed by atoms with Crippen LogP contribution in [0.15, 0.2) is 12.3 Å². The van der Waals surface area contributed by atoms with Crippen molar-refractivity contribution in [2.45, 2.75) is 20.3 Å². The van der Waals surface area contributed by atoms with E-state index >= 15 is 0 Å². The van der Waals surface area contributed by atoms with Crippen LogP contribution in [0.2, 0.25) is 0 Å². The number of esters is 1. The van der Waals surface area contributed by atoms with E-state index in [4.69, 9.17) is 4.74 Å². The van der Waals surface area contributed by atoms with Gasteiger partial charge in [-0.1, -0.05) is 0 Å². The molecule has 14 heavy (non-hydrogen) atoms. The van der Waals surface area contributed by atoms with Gasteiger partial charge in [0.15, 0.2) is 0 Å². The Bertz CT molecular complexity index is 339. The van der Waals surface area contributed by atoms with Gasteiger partial charge in [-0.3, -0.25) is 4.79 Å². The zero-order chi connectivity index (χ0) is 10.6. The summed E-state index contributed by atoms with van der Waals surface area (Å²) >= 11 is 0. The first kappa shape index (κ1) is 10.6. The zero-order valence-electron chi connectivity index (χ0n) is 8.21. The van der Waals surface area contributed by atoms with Crippen LogP contribution >= 0.6 is 0 Å². The smallest absolute Gasteiger partial charge is 0.310 e. The second-order valence-electron chi connectivity index (χ2n) is 2.94. The summed E-state index contributed by atoms with van der Waals surface area (Å²) in [6, 6.07) is 1.60. The minimum absolute atomic E-state index is 0.0612. The molecule has 0 N–H and O–H groups in total. The van der Waals surface area contributed by atoms with Gasteiger partial charge in [0.2, 0.25) is 5.95 Å². The van der Waals surface area contributed by atoms with Crippen LogP contribution in [0.1, 0.15) is 18.1 Å². The number of aryl methyl sites for hydroxylation is 1. The number of carbonyl (C=O) groups excluding carboxylic acids is 1. The van der Waals surface area contributed by atoms with Crippen LogP contribution in [0.25, 0.3) is 0 Å². The molecule has 0 saturated heterocycles. The largest absolute Gasteiger partial charge is 0.466 e. The van der Waals surface area contributed by atoms with Crippen LogP contribution in [-0.2, 0) is 16.0 Å². The molecule has 0 unspecified atom stereocenters. The quantitative estimate of drug-likeness (QED) is 0.546. The summed E-state index contributed by atoms with van der Waals surface area (Å²) in [5.74, 6) is -1.04. The predicted molar refractivity (Wildman–Crippen MR) is 49.3 cm³/mol.